The highest BCUT2D eigenvalue weighted by molar-refractivity contribution is 5.82. The smallest absolute Gasteiger partial charge is 0.326 e. The Labute approximate surface area is 123 Å². The Hall–Kier alpha value is -2.08. The van der Waals surface area contributed by atoms with Gasteiger partial charge in [0.15, 0.2) is 0 Å². The molecule has 0 spiro atoms. The van der Waals surface area contributed by atoms with Crippen LogP contribution in [-0.2, 0) is 16.0 Å². The molecule has 21 heavy (non-hydrogen) atoms. The molecule has 6 nitrogen and oxygen atoms in total. The molecule has 0 saturated carbocycles. The fourth-order valence-corrected chi connectivity index (χ4v) is 2.24. The van der Waals surface area contributed by atoms with E-state index in [-0.39, 0.29) is 12.5 Å². The van der Waals surface area contributed by atoms with E-state index >= 15 is 0 Å². The summed E-state index contributed by atoms with van der Waals surface area (Å²) in [5.74, 6) is -1.03. The van der Waals surface area contributed by atoms with Crippen LogP contribution in [0.4, 0.5) is 4.79 Å². The van der Waals surface area contributed by atoms with E-state index in [9.17, 15) is 14.7 Å². The predicted molar refractivity (Wildman–Crippen MR) is 77.1 cm³/mol. The number of urea groups is 1. The minimum absolute atomic E-state index is 0.270. The van der Waals surface area contributed by atoms with Crippen LogP contribution in [0.2, 0.25) is 0 Å². The van der Waals surface area contributed by atoms with Gasteiger partial charge >= 0.3 is 12.0 Å². The van der Waals surface area contributed by atoms with Crippen LogP contribution in [0.3, 0.4) is 0 Å². The molecule has 2 amide bonds. The van der Waals surface area contributed by atoms with E-state index in [1.54, 1.807) is 4.90 Å². The van der Waals surface area contributed by atoms with Gasteiger partial charge in [0, 0.05) is 26.1 Å². The number of carbonyl (C=O) groups excluding carboxylic acids is 1. The Balaban J connectivity index is 1.95. The number of aliphatic carboxylic acids is 1. The standard InChI is InChI=1S/C15H20N2O4/c18-14(19)13(11-12-5-2-1-3-6-12)16-15(20)17-7-4-9-21-10-8-17/h1-3,5-6,13H,4,7-11H2,(H,16,20)(H,18,19). The van der Waals surface area contributed by atoms with E-state index in [4.69, 9.17) is 4.74 Å². The Kier molecular flexibility index (Phi) is 5.57. The number of benzene rings is 1. The number of carboxylic acid groups (broad SMARTS) is 1. The van der Waals surface area contributed by atoms with Crippen LogP contribution in [0.15, 0.2) is 30.3 Å². The average molecular weight is 292 g/mol. The van der Waals surface area contributed by atoms with Gasteiger partial charge < -0.3 is 20.1 Å². The highest BCUT2D eigenvalue weighted by Gasteiger charge is 2.24. The Morgan fingerprint density at radius 1 is 1.24 bits per heavy atom. The van der Waals surface area contributed by atoms with Gasteiger partial charge in [0.05, 0.1) is 6.61 Å². The molecule has 2 rings (SSSR count). The molecule has 6 heteroatoms. The highest BCUT2D eigenvalue weighted by Crippen LogP contribution is 2.05. The van der Waals surface area contributed by atoms with Crippen molar-refractivity contribution in [1.29, 1.82) is 0 Å². The number of ether oxygens (including phenoxy) is 1. The van der Waals surface area contributed by atoms with E-state index < -0.39 is 12.0 Å². The van der Waals surface area contributed by atoms with E-state index in [1.165, 1.54) is 0 Å². The first kappa shape index (κ1) is 15.3. The predicted octanol–water partition coefficient (Wildman–Crippen LogP) is 1.11. The second-order valence-corrected chi connectivity index (χ2v) is 4.98. The van der Waals surface area contributed by atoms with E-state index in [0.717, 1.165) is 12.0 Å². The molecule has 0 radical (unpaired) electrons. The molecule has 1 aliphatic rings. The summed E-state index contributed by atoms with van der Waals surface area (Å²) < 4.78 is 5.28. The van der Waals surface area contributed by atoms with Gasteiger partial charge in [-0.25, -0.2) is 9.59 Å². The van der Waals surface area contributed by atoms with Crippen LogP contribution in [0.25, 0.3) is 0 Å². The monoisotopic (exact) mass is 292 g/mol. The summed E-state index contributed by atoms with van der Waals surface area (Å²) in [4.78, 5) is 25.1. The van der Waals surface area contributed by atoms with Crippen molar-refractivity contribution in [2.75, 3.05) is 26.3 Å². The first-order chi connectivity index (χ1) is 10.2. The zero-order valence-corrected chi connectivity index (χ0v) is 11.8. The lowest BCUT2D eigenvalue weighted by atomic mass is 10.1. The first-order valence-electron chi connectivity index (χ1n) is 7.07. The van der Waals surface area contributed by atoms with Gasteiger partial charge in [-0.05, 0) is 12.0 Å². The van der Waals surface area contributed by atoms with Gasteiger partial charge in [0.1, 0.15) is 6.04 Å². The maximum Gasteiger partial charge on any atom is 0.326 e. The van der Waals surface area contributed by atoms with Crippen LogP contribution in [0.5, 0.6) is 0 Å². The third-order valence-electron chi connectivity index (χ3n) is 3.39. The van der Waals surface area contributed by atoms with Crippen molar-refractivity contribution in [2.45, 2.75) is 18.9 Å². The second kappa shape index (κ2) is 7.64. The lowest BCUT2D eigenvalue weighted by Gasteiger charge is -2.23. The van der Waals surface area contributed by atoms with Crippen LogP contribution in [0.1, 0.15) is 12.0 Å². The zero-order chi connectivity index (χ0) is 15.1. The van der Waals surface area contributed by atoms with Crippen LogP contribution >= 0.6 is 0 Å². The van der Waals surface area contributed by atoms with Crippen LogP contribution in [-0.4, -0.2) is 54.4 Å². The van der Waals surface area contributed by atoms with Crippen molar-refractivity contribution in [3.05, 3.63) is 35.9 Å². The lowest BCUT2D eigenvalue weighted by Crippen LogP contribution is -2.49. The van der Waals surface area contributed by atoms with E-state index in [1.807, 2.05) is 30.3 Å². The molecular weight excluding hydrogens is 272 g/mol. The lowest BCUT2D eigenvalue weighted by molar-refractivity contribution is -0.139. The minimum atomic E-state index is -1.03. The van der Waals surface area contributed by atoms with Gasteiger partial charge in [-0.2, -0.15) is 0 Å². The molecule has 1 saturated heterocycles. The number of nitrogens with zero attached hydrogens (tertiary/aromatic N) is 1. The minimum Gasteiger partial charge on any atom is -0.480 e. The maximum atomic E-state index is 12.2. The largest absolute Gasteiger partial charge is 0.480 e. The molecule has 0 aliphatic carbocycles. The van der Waals surface area contributed by atoms with Crippen molar-refractivity contribution in [1.82, 2.24) is 10.2 Å². The molecule has 1 unspecified atom stereocenters. The fourth-order valence-electron chi connectivity index (χ4n) is 2.24. The van der Waals surface area contributed by atoms with Gasteiger partial charge in [-0.1, -0.05) is 30.3 Å². The quantitative estimate of drug-likeness (QED) is 0.871. The van der Waals surface area contributed by atoms with Crippen LogP contribution < -0.4 is 5.32 Å². The molecule has 1 heterocycles. The summed E-state index contributed by atoms with van der Waals surface area (Å²) in [5.41, 5.74) is 0.879. The number of rotatable bonds is 4. The van der Waals surface area contributed by atoms with Crippen molar-refractivity contribution in [2.24, 2.45) is 0 Å². The molecule has 0 bridgehead atoms. The molecule has 114 valence electrons. The van der Waals surface area contributed by atoms with E-state index in [2.05, 4.69) is 5.32 Å². The highest BCUT2D eigenvalue weighted by atomic mass is 16.5. The molecule has 2 N–H and O–H groups in total. The molecule has 1 aromatic rings. The summed E-state index contributed by atoms with van der Waals surface area (Å²) in [6.45, 7) is 2.20. The molecule has 1 aromatic carbocycles. The zero-order valence-electron chi connectivity index (χ0n) is 11.8. The second-order valence-electron chi connectivity index (χ2n) is 4.98. The van der Waals surface area contributed by atoms with Crippen molar-refractivity contribution >= 4 is 12.0 Å². The third kappa shape index (κ3) is 4.75. The van der Waals surface area contributed by atoms with Gasteiger partial charge in [-0.15, -0.1) is 0 Å². The Morgan fingerprint density at radius 3 is 2.71 bits per heavy atom. The molecular formula is C15H20N2O4. The molecule has 1 fully saturated rings. The summed E-state index contributed by atoms with van der Waals surface area (Å²) in [5, 5.41) is 11.9. The Bertz CT molecular complexity index is 470. The van der Waals surface area contributed by atoms with Gasteiger partial charge in [0.25, 0.3) is 0 Å². The topological polar surface area (TPSA) is 78.9 Å². The average Bonchev–Trinajstić information content (AvgIpc) is 2.76. The summed E-state index contributed by atoms with van der Waals surface area (Å²) in [7, 11) is 0. The van der Waals surface area contributed by atoms with Gasteiger partial charge in [-0.3, -0.25) is 0 Å². The molecule has 1 atom stereocenters. The van der Waals surface area contributed by atoms with Crippen LogP contribution in [0, 0.1) is 0 Å². The summed E-state index contributed by atoms with van der Waals surface area (Å²) in [6.07, 6.45) is 1.04. The normalized spacial score (nSPS) is 16.9. The molecule has 0 aromatic heterocycles. The van der Waals surface area contributed by atoms with Crippen molar-refractivity contribution in [3.8, 4) is 0 Å². The third-order valence-corrected chi connectivity index (χ3v) is 3.39. The number of carboxylic acids is 1. The first-order valence-corrected chi connectivity index (χ1v) is 7.07. The summed E-state index contributed by atoms with van der Waals surface area (Å²) >= 11 is 0. The number of amides is 2. The van der Waals surface area contributed by atoms with E-state index in [0.29, 0.717) is 26.3 Å². The number of hydrogen-bond acceptors (Lipinski definition) is 3. The SMILES string of the molecule is O=C(O)C(Cc1ccccc1)NC(=O)N1CCCOCC1. The van der Waals surface area contributed by atoms with Gasteiger partial charge in [0.2, 0.25) is 0 Å². The molecule has 1 aliphatic heterocycles. The number of carbonyl (C=O) groups is 2. The van der Waals surface area contributed by atoms with Crippen molar-refractivity contribution in [3.63, 3.8) is 0 Å². The number of hydrogen-bond donors (Lipinski definition) is 2. The number of nitrogens with one attached hydrogen (secondary N) is 1. The maximum absolute atomic E-state index is 12.2. The Morgan fingerprint density at radius 2 is 2.00 bits per heavy atom. The fraction of sp³-hybridized carbons (Fsp3) is 0.467. The summed E-state index contributed by atoms with van der Waals surface area (Å²) in [6, 6.07) is 8.00. The van der Waals surface area contributed by atoms with Crippen molar-refractivity contribution < 1.29 is 19.4 Å².